The van der Waals surface area contributed by atoms with Crippen molar-refractivity contribution in [3.8, 4) is 0 Å². The third-order valence-electron chi connectivity index (χ3n) is 2.32. The second-order valence-electron chi connectivity index (χ2n) is 3.88. The van der Waals surface area contributed by atoms with Gasteiger partial charge in [0.25, 0.3) is 0 Å². The van der Waals surface area contributed by atoms with Crippen molar-refractivity contribution in [1.29, 1.82) is 0 Å². The Bertz CT molecular complexity index is 378. The highest BCUT2D eigenvalue weighted by atomic mass is 79.9. The minimum atomic E-state index is -0.551. The first-order valence-electron chi connectivity index (χ1n) is 5.72. The first-order valence-corrected chi connectivity index (χ1v) is 6.51. The molecule has 2 N–H and O–H groups in total. The van der Waals surface area contributed by atoms with Gasteiger partial charge in [-0.3, -0.25) is 0 Å². The molecule has 0 saturated carbocycles. The number of likely N-dealkylation sites (N-methyl/N-ethyl adjacent to an activating group) is 1. The fourth-order valence-corrected chi connectivity index (χ4v) is 2.21. The molecule has 1 aromatic heterocycles. The van der Waals surface area contributed by atoms with E-state index in [1.54, 1.807) is 7.11 Å². The van der Waals surface area contributed by atoms with Gasteiger partial charge in [0.2, 0.25) is 0 Å². The fourth-order valence-electron chi connectivity index (χ4n) is 1.57. The molecule has 6 nitrogen and oxygen atoms in total. The van der Waals surface area contributed by atoms with Crippen LogP contribution in [0.15, 0.2) is 10.8 Å². The van der Waals surface area contributed by atoms with E-state index in [4.69, 9.17) is 4.74 Å². The van der Waals surface area contributed by atoms with Crippen LogP contribution in [0.2, 0.25) is 0 Å². The van der Waals surface area contributed by atoms with Crippen LogP contribution in [0.4, 0.5) is 11.6 Å². The van der Waals surface area contributed by atoms with Crippen LogP contribution in [-0.2, 0) is 4.74 Å². The van der Waals surface area contributed by atoms with Crippen LogP contribution in [0.25, 0.3) is 0 Å². The minimum absolute atomic E-state index is 0.299. The highest BCUT2D eigenvalue weighted by Crippen LogP contribution is 2.28. The van der Waals surface area contributed by atoms with Crippen LogP contribution in [0.5, 0.6) is 0 Å². The van der Waals surface area contributed by atoms with Gasteiger partial charge in [-0.25, -0.2) is 9.97 Å². The highest BCUT2D eigenvalue weighted by Gasteiger charge is 2.15. The van der Waals surface area contributed by atoms with E-state index in [-0.39, 0.29) is 0 Å². The summed E-state index contributed by atoms with van der Waals surface area (Å²) in [5, 5.41) is 12.8. The Balaban J connectivity index is 2.78. The Kier molecular flexibility index (Phi) is 6.31. The van der Waals surface area contributed by atoms with Crippen molar-refractivity contribution in [3.63, 3.8) is 0 Å². The zero-order chi connectivity index (χ0) is 13.5. The fraction of sp³-hybridized carbons (Fsp3) is 0.636. The number of ether oxygens (including phenoxy) is 1. The van der Waals surface area contributed by atoms with Gasteiger partial charge in [0.05, 0.1) is 12.7 Å². The number of halogens is 1. The van der Waals surface area contributed by atoms with E-state index >= 15 is 0 Å². The number of rotatable bonds is 7. The Morgan fingerprint density at radius 3 is 2.89 bits per heavy atom. The highest BCUT2D eigenvalue weighted by molar-refractivity contribution is 9.10. The molecule has 0 spiro atoms. The van der Waals surface area contributed by atoms with Crippen LogP contribution in [0.3, 0.4) is 0 Å². The first-order chi connectivity index (χ1) is 8.60. The molecule has 102 valence electrons. The molecule has 0 amide bonds. The summed E-state index contributed by atoms with van der Waals surface area (Å²) in [7, 11) is 3.43. The number of nitrogens with zero attached hydrogens (tertiary/aromatic N) is 3. The number of hydrogen-bond acceptors (Lipinski definition) is 6. The Hall–Kier alpha value is -0.920. The van der Waals surface area contributed by atoms with Gasteiger partial charge in [-0.05, 0) is 22.9 Å². The van der Waals surface area contributed by atoms with E-state index in [0.29, 0.717) is 13.2 Å². The van der Waals surface area contributed by atoms with Gasteiger partial charge in [-0.2, -0.15) is 0 Å². The van der Waals surface area contributed by atoms with Crippen molar-refractivity contribution in [2.24, 2.45) is 0 Å². The van der Waals surface area contributed by atoms with Crippen molar-refractivity contribution in [2.75, 3.05) is 44.1 Å². The topological polar surface area (TPSA) is 70.5 Å². The zero-order valence-electron chi connectivity index (χ0n) is 10.9. The van der Waals surface area contributed by atoms with E-state index < -0.39 is 6.10 Å². The SMILES string of the molecule is CCNc1ncnc(N(C)CC(O)COC)c1Br. The molecule has 0 saturated heterocycles. The quantitative estimate of drug-likeness (QED) is 0.785. The third kappa shape index (κ3) is 4.08. The van der Waals surface area contributed by atoms with E-state index in [1.165, 1.54) is 6.33 Å². The minimum Gasteiger partial charge on any atom is -0.389 e. The van der Waals surface area contributed by atoms with Gasteiger partial charge in [-0.15, -0.1) is 0 Å². The van der Waals surface area contributed by atoms with Gasteiger partial charge >= 0.3 is 0 Å². The predicted molar refractivity (Wildman–Crippen MR) is 75.0 cm³/mol. The van der Waals surface area contributed by atoms with Gasteiger partial charge in [0, 0.05) is 27.2 Å². The number of aliphatic hydroxyl groups excluding tert-OH is 1. The standard InChI is InChI=1S/C11H19BrN4O2/c1-4-13-10-9(12)11(15-7-14-10)16(2)5-8(17)6-18-3/h7-8,17H,4-6H2,1-3H3,(H,13,14,15). The van der Waals surface area contributed by atoms with Gasteiger partial charge in [0.15, 0.2) is 0 Å². The molecule has 0 fully saturated rings. The Labute approximate surface area is 116 Å². The van der Waals surface area contributed by atoms with E-state index in [9.17, 15) is 5.11 Å². The molecule has 0 radical (unpaired) electrons. The maximum atomic E-state index is 9.70. The van der Waals surface area contributed by atoms with Crippen LogP contribution < -0.4 is 10.2 Å². The molecule has 1 aromatic rings. The smallest absolute Gasteiger partial charge is 0.148 e. The monoisotopic (exact) mass is 318 g/mol. The lowest BCUT2D eigenvalue weighted by Gasteiger charge is -2.23. The van der Waals surface area contributed by atoms with E-state index in [0.717, 1.165) is 22.7 Å². The van der Waals surface area contributed by atoms with E-state index in [1.807, 2.05) is 18.9 Å². The number of aromatic nitrogens is 2. The summed E-state index contributed by atoms with van der Waals surface area (Å²) in [6.07, 6.45) is 0.946. The van der Waals surface area contributed by atoms with Gasteiger partial charge < -0.3 is 20.1 Å². The summed E-state index contributed by atoms with van der Waals surface area (Å²) in [6.45, 7) is 3.52. The average molecular weight is 319 g/mol. The van der Waals surface area contributed by atoms with Crippen molar-refractivity contribution >= 4 is 27.6 Å². The van der Waals surface area contributed by atoms with Crippen molar-refractivity contribution in [3.05, 3.63) is 10.8 Å². The summed E-state index contributed by atoms with van der Waals surface area (Å²) in [4.78, 5) is 10.2. The maximum Gasteiger partial charge on any atom is 0.148 e. The van der Waals surface area contributed by atoms with Crippen LogP contribution >= 0.6 is 15.9 Å². The first kappa shape index (κ1) is 15.1. The molecule has 0 aliphatic heterocycles. The molecule has 1 heterocycles. The van der Waals surface area contributed by atoms with Crippen LogP contribution in [0.1, 0.15) is 6.92 Å². The summed E-state index contributed by atoms with van der Waals surface area (Å²) in [5.41, 5.74) is 0. The van der Waals surface area contributed by atoms with Crippen LogP contribution in [0, 0.1) is 0 Å². The Morgan fingerprint density at radius 1 is 1.56 bits per heavy atom. The van der Waals surface area contributed by atoms with Crippen LogP contribution in [-0.4, -0.2) is 55.0 Å². The Morgan fingerprint density at radius 2 is 2.28 bits per heavy atom. The molecule has 1 unspecified atom stereocenters. The molecule has 7 heteroatoms. The van der Waals surface area contributed by atoms with Crippen molar-refractivity contribution < 1.29 is 9.84 Å². The summed E-state index contributed by atoms with van der Waals surface area (Å²) in [5.74, 6) is 1.48. The largest absolute Gasteiger partial charge is 0.389 e. The molecule has 1 rings (SSSR count). The second-order valence-corrected chi connectivity index (χ2v) is 4.67. The normalized spacial score (nSPS) is 12.3. The predicted octanol–water partition coefficient (Wildman–Crippen LogP) is 1.11. The second kappa shape index (κ2) is 7.50. The lowest BCUT2D eigenvalue weighted by atomic mass is 10.3. The molecule has 18 heavy (non-hydrogen) atoms. The third-order valence-corrected chi connectivity index (χ3v) is 3.05. The number of anilines is 2. The number of methoxy groups -OCH3 is 1. The van der Waals surface area contributed by atoms with Crippen molar-refractivity contribution in [1.82, 2.24) is 9.97 Å². The molecule has 0 aliphatic carbocycles. The lowest BCUT2D eigenvalue weighted by Crippen LogP contribution is -2.32. The number of nitrogens with one attached hydrogen (secondary N) is 1. The zero-order valence-corrected chi connectivity index (χ0v) is 12.4. The summed E-state index contributed by atoms with van der Waals surface area (Å²) in [6, 6.07) is 0. The average Bonchev–Trinajstić information content (AvgIpc) is 2.32. The van der Waals surface area contributed by atoms with Gasteiger partial charge in [-0.1, -0.05) is 0 Å². The molecule has 0 aliphatic rings. The maximum absolute atomic E-state index is 9.70. The number of hydrogen-bond donors (Lipinski definition) is 2. The van der Waals surface area contributed by atoms with Crippen molar-refractivity contribution in [2.45, 2.75) is 13.0 Å². The number of aliphatic hydroxyl groups is 1. The molecular weight excluding hydrogens is 300 g/mol. The van der Waals surface area contributed by atoms with Gasteiger partial charge in [0.1, 0.15) is 22.4 Å². The summed E-state index contributed by atoms with van der Waals surface area (Å²) < 4.78 is 5.69. The molecular formula is C11H19BrN4O2. The molecule has 0 bridgehead atoms. The lowest BCUT2D eigenvalue weighted by molar-refractivity contribution is 0.0694. The molecule has 0 aromatic carbocycles. The summed E-state index contributed by atoms with van der Waals surface area (Å²) >= 11 is 3.47. The van der Waals surface area contributed by atoms with E-state index in [2.05, 4.69) is 31.2 Å². The molecule has 1 atom stereocenters.